The Morgan fingerprint density at radius 2 is 1.39 bits per heavy atom. The van der Waals surface area contributed by atoms with Crippen LogP contribution in [0.1, 0.15) is 43.2 Å². The van der Waals surface area contributed by atoms with Crippen LogP contribution in [0.3, 0.4) is 0 Å². The molecule has 9 nitrogen and oxygen atoms in total. The fourth-order valence-electron chi connectivity index (χ4n) is 3.13. The second kappa shape index (κ2) is 17.5. The van der Waals surface area contributed by atoms with Gasteiger partial charge in [-0.05, 0) is 30.4 Å². The summed E-state index contributed by atoms with van der Waals surface area (Å²) in [5.41, 5.74) is 1.73. The number of hydrogen-bond acceptors (Lipinski definition) is 7. The van der Waals surface area contributed by atoms with Crippen molar-refractivity contribution in [2.45, 2.75) is 45.3 Å². The van der Waals surface area contributed by atoms with Gasteiger partial charge in [-0.2, -0.15) is 8.42 Å². The predicted molar refractivity (Wildman–Crippen MR) is 137 cm³/mol. The molecule has 0 bridgehead atoms. The number of carbonyl (C=O) groups excluding carboxylic acids is 2. The highest BCUT2D eigenvalue weighted by Crippen LogP contribution is 2.06. The van der Waals surface area contributed by atoms with Crippen molar-refractivity contribution in [3.63, 3.8) is 0 Å². The van der Waals surface area contributed by atoms with Gasteiger partial charge in [-0.25, -0.2) is 4.79 Å². The number of rotatable bonds is 18. The summed E-state index contributed by atoms with van der Waals surface area (Å²) in [4.78, 5) is 23.5. The summed E-state index contributed by atoms with van der Waals surface area (Å²) in [5.74, 6) is -0.183. The summed E-state index contributed by atoms with van der Waals surface area (Å²) in [5, 5.41) is 5.47. The van der Waals surface area contributed by atoms with E-state index in [1.807, 2.05) is 48.5 Å². The van der Waals surface area contributed by atoms with Gasteiger partial charge in [-0.1, -0.05) is 67.1 Å². The first-order valence-corrected chi connectivity index (χ1v) is 13.7. The number of carbonyl (C=O) groups is 2. The summed E-state index contributed by atoms with van der Waals surface area (Å²) in [6, 6.07) is 18.6. The highest BCUT2D eigenvalue weighted by molar-refractivity contribution is 7.86. The Balaban J connectivity index is 1.37. The molecular weight excluding hydrogens is 484 g/mol. The smallest absolute Gasteiger partial charge is 0.407 e. The van der Waals surface area contributed by atoms with Crippen LogP contribution < -0.4 is 10.6 Å². The molecule has 0 radical (unpaired) electrons. The Bertz CT molecular complexity index is 986. The van der Waals surface area contributed by atoms with Crippen LogP contribution in [-0.4, -0.2) is 52.5 Å². The minimum absolute atomic E-state index is 0.0217. The van der Waals surface area contributed by atoms with Crippen molar-refractivity contribution < 1.29 is 31.7 Å². The van der Waals surface area contributed by atoms with E-state index in [0.29, 0.717) is 39.0 Å². The molecule has 0 atom stereocenters. The molecule has 0 aliphatic carbocycles. The minimum atomic E-state index is -3.60. The number of ether oxygens (including phenoxy) is 2. The first kappa shape index (κ1) is 29.3. The van der Waals surface area contributed by atoms with E-state index in [0.717, 1.165) is 24.0 Å². The molecule has 0 spiro atoms. The van der Waals surface area contributed by atoms with Crippen LogP contribution in [0.4, 0.5) is 4.79 Å². The lowest BCUT2D eigenvalue weighted by Gasteiger charge is -2.08. The Labute approximate surface area is 213 Å². The molecule has 0 fully saturated rings. The molecule has 2 N–H and O–H groups in total. The Hall–Kier alpha value is -2.95. The number of amides is 2. The number of hydrogen-bond donors (Lipinski definition) is 2. The highest BCUT2D eigenvalue weighted by Gasteiger charge is 2.11. The van der Waals surface area contributed by atoms with Gasteiger partial charge in [0.25, 0.3) is 10.1 Å². The van der Waals surface area contributed by atoms with Gasteiger partial charge in [0.05, 0.1) is 19.0 Å². The maximum Gasteiger partial charge on any atom is 0.407 e. The molecule has 2 aromatic carbocycles. The summed E-state index contributed by atoms with van der Waals surface area (Å²) in [6.45, 7) is 1.70. The van der Waals surface area contributed by atoms with E-state index in [2.05, 4.69) is 10.6 Å². The van der Waals surface area contributed by atoms with Crippen LogP contribution in [0.5, 0.6) is 0 Å². The molecule has 198 valence electrons. The van der Waals surface area contributed by atoms with Crippen molar-refractivity contribution in [2.75, 3.05) is 32.1 Å². The van der Waals surface area contributed by atoms with E-state index in [9.17, 15) is 18.0 Å². The zero-order valence-electron chi connectivity index (χ0n) is 20.5. The van der Waals surface area contributed by atoms with E-state index in [1.54, 1.807) is 12.1 Å². The maximum atomic E-state index is 11.9. The van der Waals surface area contributed by atoms with E-state index in [-0.39, 0.29) is 31.5 Å². The standard InChI is InChI=1S/C26H36N2O7S/c29-25(15-8-3-9-16-28-26(30)34-21-23-11-4-1-5-12-23)27-17-19-33-18-10-20-36(31,32)35-22-24-13-6-2-7-14-24/h1-2,4-7,11-14H,3,8-10,15-22H2,(H,27,29)(H,28,30). The maximum absolute atomic E-state index is 11.9. The third-order valence-electron chi connectivity index (χ3n) is 5.06. The summed E-state index contributed by atoms with van der Waals surface area (Å²) in [6.07, 6.45) is 2.55. The first-order valence-electron chi connectivity index (χ1n) is 12.1. The quantitative estimate of drug-likeness (QED) is 0.228. The lowest BCUT2D eigenvalue weighted by atomic mass is 10.2. The SMILES string of the molecule is O=C(CCCCCNC(=O)OCc1ccccc1)NCCOCCCS(=O)(=O)OCc1ccccc1. The highest BCUT2D eigenvalue weighted by atomic mass is 32.2. The van der Waals surface area contributed by atoms with E-state index in [4.69, 9.17) is 13.7 Å². The minimum Gasteiger partial charge on any atom is -0.445 e. The average molecular weight is 521 g/mol. The Kier molecular flexibility index (Phi) is 14.2. The summed E-state index contributed by atoms with van der Waals surface area (Å²) >= 11 is 0. The molecule has 0 saturated heterocycles. The van der Waals surface area contributed by atoms with Crippen molar-refractivity contribution >= 4 is 22.1 Å². The molecular formula is C26H36N2O7S. The van der Waals surface area contributed by atoms with E-state index in [1.165, 1.54) is 0 Å². The molecule has 0 unspecified atom stereocenters. The topological polar surface area (TPSA) is 120 Å². The van der Waals surface area contributed by atoms with Gasteiger partial charge in [0.1, 0.15) is 6.61 Å². The Morgan fingerprint density at radius 1 is 0.722 bits per heavy atom. The molecule has 0 aromatic heterocycles. The van der Waals surface area contributed by atoms with Crippen molar-refractivity contribution in [3.8, 4) is 0 Å². The molecule has 0 aliphatic rings. The fourth-order valence-corrected chi connectivity index (χ4v) is 4.04. The van der Waals surface area contributed by atoms with Crippen molar-refractivity contribution in [1.29, 1.82) is 0 Å². The molecule has 2 rings (SSSR count). The van der Waals surface area contributed by atoms with Crippen LogP contribution in [0.25, 0.3) is 0 Å². The third-order valence-corrected chi connectivity index (χ3v) is 6.33. The van der Waals surface area contributed by atoms with Crippen LogP contribution in [-0.2, 0) is 41.8 Å². The van der Waals surface area contributed by atoms with Crippen LogP contribution >= 0.6 is 0 Å². The van der Waals surface area contributed by atoms with Crippen LogP contribution in [0.15, 0.2) is 60.7 Å². The van der Waals surface area contributed by atoms with Gasteiger partial charge >= 0.3 is 6.09 Å². The molecule has 0 aliphatic heterocycles. The average Bonchev–Trinajstić information content (AvgIpc) is 2.89. The lowest BCUT2D eigenvalue weighted by Crippen LogP contribution is -2.27. The predicted octanol–water partition coefficient (Wildman–Crippen LogP) is 3.54. The number of nitrogens with one attached hydrogen (secondary N) is 2. The second-order valence-electron chi connectivity index (χ2n) is 8.12. The van der Waals surface area contributed by atoms with E-state index >= 15 is 0 Å². The van der Waals surface area contributed by atoms with Gasteiger partial charge in [0, 0.05) is 26.1 Å². The van der Waals surface area contributed by atoms with Crippen LogP contribution in [0, 0.1) is 0 Å². The third kappa shape index (κ3) is 14.4. The summed E-state index contributed by atoms with van der Waals surface area (Å²) in [7, 11) is -3.60. The first-order chi connectivity index (χ1) is 17.4. The molecule has 36 heavy (non-hydrogen) atoms. The van der Waals surface area contributed by atoms with Gasteiger partial charge < -0.3 is 20.1 Å². The van der Waals surface area contributed by atoms with Gasteiger partial charge in [0.15, 0.2) is 0 Å². The van der Waals surface area contributed by atoms with E-state index < -0.39 is 16.2 Å². The zero-order valence-corrected chi connectivity index (χ0v) is 21.3. The molecule has 0 saturated carbocycles. The molecule has 2 amide bonds. The molecule has 0 heterocycles. The fraction of sp³-hybridized carbons (Fsp3) is 0.462. The van der Waals surface area contributed by atoms with Crippen LogP contribution in [0.2, 0.25) is 0 Å². The molecule has 10 heteroatoms. The van der Waals surface area contributed by atoms with Gasteiger partial charge in [-0.3, -0.25) is 8.98 Å². The second-order valence-corrected chi connectivity index (χ2v) is 9.88. The van der Waals surface area contributed by atoms with Gasteiger partial charge in [-0.15, -0.1) is 0 Å². The zero-order chi connectivity index (χ0) is 25.9. The normalized spacial score (nSPS) is 11.1. The van der Waals surface area contributed by atoms with Crippen molar-refractivity contribution in [2.24, 2.45) is 0 Å². The monoisotopic (exact) mass is 520 g/mol. The number of benzene rings is 2. The van der Waals surface area contributed by atoms with Crippen molar-refractivity contribution in [1.82, 2.24) is 10.6 Å². The summed E-state index contributed by atoms with van der Waals surface area (Å²) < 4.78 is 39.3. The number of alkyl carbamates (subject to hydrolysis) is 1. The Morgan fingerprint density at radius 3 is 2.08 bits per heavy atom. The number of unbranched alkanes of at least 4 members (excludes halogenated alkanes) is 2. The van der Waals surface area contributed by atoms with Gasteiger partial charge in [0.2, 0.25) is 5.91 Å². The molecule has 2 aromatic rings. The largest absolute Gasteiger partial charge is 0.445 e. The van der Waals surface area contributed by atoms with Crippen molar-refractivity contribution in [3.05, 3.63) is 71.8 Å². The lowest BCUT2D eigenvalue weighted by molar-refractivity contribution is -0.121.